The van der Waals surface area contributed by atoms with Crippen LogP contribution in [0.25, 0.3) is 0 Å². The second kappa shape index (κ2) is 12.1. The number of aryl methyl sites for hydroxylation is 1. The topological polar surface area (TPSA) is 93.4 Å². The Hall–Kier alpha value is -2.41. The van der Waals surface area contributed by atoms with Gasteiger partial charge in [-0.05, 0) is 30.2 Å². The van der Waals surface area contributed by atoms with Gasteiger partial charge in [0.05, 0.1) is 12.5 Å². The first-order chi connectivity index (χ1) is 13.0. The first-order valence-electron chi connectivity index (χ1n) is 8.94. The van der Waals surface area contributed by atoms with Crippen LogP contribution >= 0.6 is 12.4 Å². The Balaban J connectivity index is 0.00000392. The molecule has 28 heavy (non-hydrogen) atoms. The second-order valence-electron chi connectivity index (χ2n) is 6.44. The van der Waals surface area contributed by atoms with Gasteiger partial charge in [0, 0.05) is 32.3 Å². The number of hydrogen-bond donors (Lipinski definition) is 3. The molecule has 0 saturated carbocycles. The number of halogens is 1. The molecule has 152 valence electrons. The number of carbonyl (C=O) groups excluding carboxylic acids is 2. The average Bonchev–Trinajstić information content (AvgIpc) is 2.70. The van der Waals surface area contributed by atoms with Gasteiger partial charge in [-0.1, -0.05) is 42.0 Å². The molecule has 0 fully saturated rings. The molecule has 0 aromatic heterocycles. The summed E-state index contributed by atoms with van der Waals surface area (Å²) in [6.07, 6.45) is -0.0760. The largest absolute Gasteiger partial charge is 0.380 e. The molecular formula is C21H28ClN3O3. The van der Waals surface area contributed by atoms with Crippen molar-refractivity contribution in [1.82, 2.24) is 10.6 Å². The van der Waals surface area contributed by atoms with Crippen molar-refractivity contribution in [3.05, 3.63) is 70.8 Å². The van der Waals surface area contributed by atoms with E-state index in [-0.39, 0.29) is 36.7 Å². The zero-order valence-corrected chi connectivity index (χ0v) is 17.1. The van der Waals surface area contributed by atoms with Gasteiger partial charge < -0.3 is 21.1 Å². The van der Waals surface area contributed by atoms with Crippen LogP contribution in [-0.2, 0) is 22.6 Å². The summed E-state index contributed by atoms with van der Waals surface area (Å²) in [6.45, 7) is 3.13. The van der Waals surface area contributed by atoms with Crippen LogP contribution in [0, 0.1) is 6.92 Å². The van der Waals surface area contributed by atoms with E-state index in [2.05, 4.69) is 10.6 Å². The van der Waals surface area contributed by atoms with Crippen LogP contribution in [-0.4, -0.2) is 31.6 Å². The number of nitrogens with two attached hydrogens (primary N) is 1. The number of nitrogens with one attached hydrogen (secondary N) is 2. The van der Waals surface area contributed by atoms with E-state index in [1.165, 1.54) is 12.7 Å². The van der Waals surface area contributed by atoms with E-state index in [1.807, 2.05) is 37.3 Å². The molecule has 2 amide bonds. The van der Waals surface area contributed by atoms with E-state index >= 15 is 0 Å². The van der Waals surface area contributed by atoms with E-state index in [4.69, 9.17) is 10.5 Å². The van der Waals surface area contributed by atoms with Crippen molar-refractivity contribution in [3.8, 4) is 0 Å². The minimum absolute atomic E-state index is 0. The van der Waals surface area contributed by atoms with Crippen LogP contribution in [0.2, 0.25) is 0 Å². The summed E-state index contributed by atoms with van der Waals surface area (Å²) in [5, 5.41) is 5.73. The maximum Gasteiger partial charge on any atom is 0.251 e. The first-order valence-corrected chi connectivity index (χ1v) is 8.94. The number of methoxy groups -OCH3 is 1. The van der Waals surface area contributed by atoms with Crippen LogP contribution in [0.4, 0.5) is 0 Å². The van der Waals surface area contributed by atoms with Crippen molar-refractivity contribution >= 4 is 24.2 Å². The van der Waals surface area contributed by atoms with Gasteiger partial charge in [-0.3, -0.25) is 9.59 Å². The van der Waals surface area contributed by atoms with Gasteiger partial charge in [-0.2, -0.15) is 0 Å². The highest BCUT2D eigenvalue weighted by Gasteiger charge is 2.11. The zero-order valence-electron chi connectivity index (χ0n) is 16.2. The fourth-order valence-electron chi connectivity index (χ4n) is 2.56. The van der Waals surface area contributed by atoms with Crippen molar-refractivity contribution in [1.29, 1.82) is 0 Å². The minimum Gasteiger partial charge on any atom is -0.380 e. The van der Waals surface area contributed by atoms with Gasteiger partial charge in [0.15, 0.2) is 0 Å². The Morgan fingerprint density at radius 3 is 2.36 bits per heavy atom. The van der Waals surface area contributed by atoms with Gasteiger partial charge >= 0.3 is 0 Å². The summed E-state index contributed by atoms with van der Waals surface area (Å²) in [5.41, 5.74) is 9.17. The fraction of sp³-hybridized carbons (Fsp3) is 0.333. The molecule has 0 heterocycles. The summed E-state index contributed by atoms with van der Waals surface area (Å²) in [7, 11) is 1.53. The number of ether oxygens (including phenoxy) is 1. The summed E-state index contributed by atoms with van der Waals surface area (Å²) < 4.78 is 5.10. The molecule has 0 bridgehead atoms. The van der Waals surface area contributed by atoms with Gasteiger partial charge in [-0.25, -0.2) is 0 Å². The van der Waals surface area contributed by atoms with E-state index < -0.39 is 0 Å². The molecule has 0 aliphatic rings. The van der Waals surface area contributed by atoms with Crippen LogP contribution in [0.3, 0.4) is 0 Å². The molecule has 7 heteroatoms. The Labute approximate surface area is 172 Å². The lowest BCUT2D eigenvalue weighted by Gasteiger charge is -2.13. The summed E-state index contributed by atoms with van der Waals surface area (Å²) >= 11 is 0. The van der Waals surface area contributed by atoms with Gasteiger partial charge in [-0.15, -0.1) is 12.4 Å². The Kier molecular flexibility index (Phi) is 10.2. The van der Waals surface area contributed by atoms with Gasteiger partial charge in [0.1, 0.15) is 0 Å². The zero-order chi connectivity index (χ0) is 19.6. The molecule has 2 aromatic rings. The third-order valence-electron chi connectivity index (χ3n) is 4.26. The number of amides is 2. The average molecular weight is 406 g/mol. The van der Waals surface area contributed by atoms with Gasteiger partial charge in [0.2, 0.25) is 5.91 Å². The van der Waals surface area contributed by atoms with Crippen molar-refractivity contribution in [2.24, 2.45) is 5.73 Å². The first kappa shape index (κ1) is 23.6. The molecular weight excluding hydrogens is 378 g/mol. The Morgan fingerprint density at radius 2 is 1.71 bits per heavy atom. The molecule has 0 radical (unpaired) electrons. The molecule has 6 nitrogen and oxygen atoms in total. The number of benzene rings is 2. The van der Waals surface area contributed by atoms with E-state index in [0.29, 0.717) is 25.2 Å². The lowest BCUT2D eigenvalue weighted by molar-refractivity contribution is -0.123. The minimum atomic E-state index is -0.288. The molecule has 0 aliphatic heterocycles. The molecule has 4 N–H and O–H groups in total. The lowest BCUT2D eigenvalue weighted by Crippen LogP contribution is -2.32. The molecule has 0 saturated heterocycles. The summed E-state index contributed by atoms with van der Waals surface area (Å²) in [4.78, 5) is 24.3. The SMILES string of the molecule is COC(CN)CC(=O)NCc1cccc(C(=O)NCc2ccc(C)cc2)c1.Cl. The molecule has 0 aliphatic carbocycles. The standard InChI is InChI=1S/C21H27N3O3.ClH/c1-15-6-8-16(9-7-15)13-24-21(26)18-5-3-4-17(10-18)14-23-20(25)11-19(12-22)27-2;/h3-10,19H,11-14,22H2,1-2H3,(H,23,25)(H,24,26);1H. The van der Waals surface area contributed by atoms with Crippen LogP contribution in [0.15, 0.2) is 48.5 Å². The maximum absolute atomic E-state index is 12.4. The van der Waals surface area contributed by atoms with E-state index in [1.54, 1.807) is 18.2 Å². The fourth-order valence-corrected chi connectivity index (χ4v) is 2.56. The highest BCUT2D eigenvalue weighted by molar-refractivity contribution is 5.94. The third-order valence-corrected chi connectivity index (χ3v) is 4.26. The summed E-state index contributed by atoms with van der Waals surface area (Å²) in [6, 6.07) is 15.2. The maximum atomic E-state index is 12.4. The van der Waals surface area contributed by atoms with Crippen LogP contribution in [0.5, 0.6) is 0 Å². The molecule has 2 aromatic carbocycles. The van der Waals surface area contributed by atoms with Crippen LogP contribution in [0.1, 0.15) is 33.5 Å². The smallest absolute Gasteiger partial charge is 0.251 e. The lowest BCUT2D eigenvalue weighted by atomic mass is 10.1. The normalized spacial score (nSPS) is 11.2. The number of hydrogen-bond acceptors (Lipinski definition) is 4. The third kappa shape index (κ3) is 7.68. The van der Waals surface area contributed by atoms with E-state index in [9.17, 15) is 9.59 Å². The van der Waals surface area contributed by atoms with Crippen molar-refractivity contribution in [2.45, 2.75) is 32.5 Å². The molecule has 2 rings (SSSR count). The quantitative estimate of drug-likeness (QED) is 0.596. The predicted octanol–water partition coefficient (Wildman–Crippen LogP) is 2.33. The monoisotopic (exact) mass is 405 g/mol. The predicted molar refractivity (Wildman–Crippen MR) is 112 cm³/mol. The second-order valence-corrected chi connectivity index (χ2v) is 6.44. The molecule has 0 spiro atoms. The number of rotatable bonds is 9. The molecule has 1 unspecified atom stereocenters. The van der Waals surface area contributed by atoms with Crippen molar-refractivity contribution in [3.63, 3.8) is 0 Å². The Bertz CT molecular complexity index is 762. The number of carbonyl (C=O) groups is 2. The summed E-state index contributed by atoms with van der Waals surface area (Å²) in [5.74, 6) is -0.284. The van der Waals surface area contributed by atoms with Crippen molar-refractivity contribution < 1.29 is 14.3 Å². The van der Waals surface area contributed by atoms with Crippen LogP contribution < -0.4 is 16.4 Å². The highest BCUT2D eigenvalue weighted by atomic mass is 35.5. The highest BCUT2D eigenvalue weighted by Crippen LogP contribution is 2.07. The van der Waals surface area contributed by atoms with Crippen molar-refractivity contribution in [2.75, 3.05) is 13.7 Å². The van der Waals surface area contributed by atoms with E-state index in [0.717, 1.165) is 11.1 Å². The Morgan fingerprint density at radius 1 is 1.04 bits per heavy atom. The molecule has 1 atom stereocenters. The van der Waals surface area contributed by atoms with Gasteiger partial charge in [0.25, 0.3) is 5.91 Å².